The van der Waals surface area contributed by atoms with Gasteiger partial charge in [0.1, 0.15) is 11.6 Å². The molecule has 7 heteroatoms. The minimum atomic E-state index is -0.329. The lowest BCUT2D eigenvalue weighted by molar-refractivity contribution is -0.115. The van der Waals surface area contributed by atoms with Gasteiger partial charge >= 0.3 is 0 Å². The molecule has 1 saturated heterocycles. The molecule has 1 aromatic heterocycles. The molecule has 1 fully saturated rings. The summed E-state index contributed by atoms with van der Waals surface area (Å²) in [6, 6.07) is 19.4. The molecule has 0 spiro atoms. The van der Waals surface area contributed by atoms with Crippen molar-refractivity contribution in [1.82, 2.24) is 5.32 Å². The van der Waals surface area contributed by atoms with E-state index >= 15 is 0 Å². The summed E-state index contributed by atoms with van der Waals surface area (Å²) in [6.45, 7) is 0. The van der Waals surface area contributed by atoms with Crippen molar-refractivity contribution in [3.63, 3.8) is 0 Å². The first-order valence-corrected chi connectivity index (χ1v) is 9.67. The molecule has 134 valence electrons. The number of hydrogen-bond acceptors (Lipinski definition) is 5. The van der Waals surface area contributed by atoms with Crippen LogP contribution in [0.4, 0.5) is 10.1 Å². The topological polar surface area (TPSA) is 54.6 Å². The number of amidine groups is 1. The molecule has 1 aliphatic heterocycles. The van der Waals surface area contributed by atoms with Crippen LogP contribution in [0, 0.1) is 5.82 Å². The van der Waals surface area contributed by atoms with Gasteiger partial charge in [-0.15, -0.1) is 0 Å². The van der Waals surface area contributed by atoms with Gasteiger partial charge in [0.15, 0.2) is 10.3 Å². The van der Waals surface area contributed by atoms with Crippen LogP contribution in [0.25, 0.3) is 6.08 Å². The standard InChI is InChI=1S/C20H13FN2O2S2/c21-13-6-8-14(9-7-13)22-20-23-19(24)17(27-20)12-15-10-11-18(25-15)26-16-4-2-1-3-5-16/h1-12H,(H,22,23,24)/b17-12-. The summed E-state index contributed by atoms with van der Waals surface area (Å²) in [5.41, 5.74) is 0.569. The van der Waals surface area contributed by atoms with Gasteiger partial charge in [-0.25, -0.2) is 9.38 Å². The Kier molecular flexibility index (Phi) is 5.13. The molecule has 1 amide bonds. The van der Waals surface area contributed by atoms with Crippen LogP contribution < -0.4 is 5.32 Å². The van der Waals surface area contributed by atoms with Crippen LogP contribution in [0.1, 0.15) is 5.76 Å². The number of benzene rings is 2. The van der Waals surface area contributed by atoms with E-state index in [4.69, 9.17) is 4.42 Å². The Hall–Kier alpha value is -2.77. The zero-order chi connectivity index (χ0) is 18.6. The quantitative estimate of drug-likeness (QED) is 0.595. The van der Waals surface area contributed by atoms with Gasteiger partial charge in [0, 0.05) is 11.0 Å². The molecular weight excluding hydrogens is 383 g/mol. The monoisotopic (exact) mass is 396 g/mol. The highest BCUT2D eigenvalue weighted by Crippen LogP contribution is 2.32. The Morgan fingerprint density at radius 3 is 2.59 bits per heavy atom. The molecule has 1 aliphatic rings. The number of aliphatic imine (C=N–C) groups is 1. The van der Waals surface area contributed by atoms with E-state index in [0.717, 1.165) is 9.99 Å². The largest absolute Gasteiger partial charge is 0.450 e. The summed E-state index contributed by atoms with van der Waals surface area (Å²) >= 11 is 2.73. The van der Waals surface area contributed by atoms with Crippen LogP contribution in [-0.2, 0) is 4.79 Å². The maximum Gasteiger partial charge on any atom is 0.264 e. The lowest BCUT2D eigenvalue weighted by atomic mass is 10.3. The smallest absolute Gasteiger partial charge is 0.264 e. The molecule has 27 heavy (non-hydrogen) atoms. The Morgan fingerprint density at radius 2 is 1.81 bits per heavy atom. The van der Waals surface area contributed by atoms with Gasteiger partial charge < -0.3 is 9.73 Å². The number of hydrogen-bond donors (Lipinski definition) is 1. The number of carbonyl (C=O) groups excluding carboxylic acids is 1. The summed E-state index contributed by atoms with van der Waals surface area (Å²) in [7, 11) is 0. The van der Waals surface area contributed by atoms with Crippen LogP contribution in [0.15, 0.2) is 91.0 Å². The van der Waals surface area contributed by atoms with E-state index in [1.165, 1.54) is 35.7 Å². The van der Waals surface area contributed by atoms with Crippen molar-refractivity contribution in [2.45, 2.75) is 9.99 Å². The van der Waals surface area contributed by atoms with Crippen molar-refractivity contribution in [3.8, 4) is 0 Å². The van der Waals surface area contributed by atoms with Crippen LogP contribution in [0.2, 0.25) is 0 Å². The summed E-state index contributed by atoms with van der Waals surface area (Å²) in [6.07, 6.45) is 1.68. The molecule has 0 bridgehead atoms. The molecule has 1 N–H and O–H groups in total. The Morgan fingerprint density at radius 1 is 1.04 bits per heavy atom. The van der Waals surface area contributed by atoms with E-state index in [2.05, 4.69) is 10.3 Å². The van der Waals surface area contributed by atoms with Crippen LogP contribution in [0.3, 0.4) is 0 Å². The van der Waals surface area contributed by atoms with Crippen LogP contribution in [0.5, 0.6) is 0 Å². The molecule has 3 aromatic rings. The molecule has 0 unspecified atom stereocenters. The van der Waals surface area contributed by atoms with Crippen LogP contribution in [-0.4, -0.2) is 11.1 Å². The molecule has 4 nitrogen and oxygen atoms in total. The summed E-state index contributed by atoms with van der Waals surface area (Å²) < 4.78 is 18.7. The molecule has 0 atom stereocenters. The maximum atomic E-state index is 13.0. The first-order valence-electron chi connectivity index (χ1n) is 8.04. The SMILES string of the molecule is O=C1NC(=Nc2ccc(F)cc2)S/C1=C\c1ccc(Sc2ccccc2)o1. The first-order chi connectivity index (χ1) is 13.2. The van der Waals surface area contributed by atoms with E-state index in [1.807, 2.05) is 42.5 Å². The fraction of sp³-hybridized carbons (Fsp3) is 0. The third kappa shape index (κ3) is 4.50. The number of nitrogens with zero attached hydrogens (tertiary/aromatic N) is 1. The molecule has 0 radical (unpaired) electrons. The Balaban J connectivity index is 1.48. The van der Waals surface area contributed by atoms with E-state index in [1.54, 1.807) is 18.2 Å². The van der Waals surface area contributed by atoms with Gasteiger partial charge in [-0.05, 0) is 60.3 Å². The van der Waals surface area contributed by atoms with Gasteiger partial charge in [-0.1, -0.05) is 30.0 Å². The summed E-state index contributed by atoms with van der Waals surface area (Å²) in [5.74, 6) is 0.0216. The number of halogens is 1. The third-order valence-electron chi connectivity index (χ3n) is 3.55. The second-order valence-corrected chi connectivity index (χ2v) is 7.64. The fourth-order valence-corrected chi connectivity index (χ4v) is 3.94. The van der Waals surface area contributed by atoms with Gasteiger partial charge in [0.2, 0.25) is 0 Å². The predicted octanol–water partition coefficient (Wildman–Crippen LogP) is 5.46. The normalized spacial score (nSPS) is 16.9. The number of nitrogens with one attached hydrogen (secondary N) is 1. The minimum absolute atomic E-state index is 0.241. The lowest BCUT2D eigenvalue weighted by Crippen LogP contribution is -2.19. The fourth-order valence-electron chi connectivity index (χ4n) is 2.31. The number of furan rings is 1. The van der Waals surface area contributed by atoms with Gasteiger partial charge in [-0.3, -0.25) is 4.79 Å². The second kappa shape index (κ2) is 7.85. The summed E-state index contributed by atoms with van der Waals surface area (Å²) in [5, 5.41) is 3.89. The van der Waals surface area contributed by atoms with E-state index in [9.17, 15) is 9.18 Å². The molecular formula is C20H13FN2O2S2. The van der Waals surface area contributed by atoms with E-state index in [0.29, 0.717) is 21.5 Å². The molecule has 4 rings (SSSR count). The number of carbonyl (C=O) groups is 1. The Labute approximate surface area is 163 Å². The number of thioether (sulfide) groups is 1. The van der Waals surface area contributed by atoms with Gasteiger partial charge in [0.25, 0.3) is 5.91 Å². The zero-order valence-electron chi connectivity index (χ0n) is 13.9. The predicted molar refractivity (Wildman–Crippen MR) is 106 cm³/mol. The highest BCUT2D eigenvalue weighted by Gasteiger charge is 2.24. The molecule has 2 heterocycles. The average molecular weight is 396 g/mol. The van der Waals surface area contributed by atoms with E-state index < -0.39 is 0 Å². The van der Waals surface area contributed by atoms with Crippen molar-refractivity contribution < 1.29 is 13.6 Å². The highest BCUT2D eigenvalue weighted by molar-refractivity contribution is 8.18. The van der Waals surface area contributed by atoms with Crippen molar-refractivity contribution >= 4 is 46.4 Å². The number of amides is 1. The van der Waals surface area contributed by atoms with Gasteiger partial charge in [0.05, 0.1) is 10.6 Å². The van der Waals surface area contributed by atoms with Gasteiger partial charge in [-0.2, -0.15) is 0 Å². The van der Waals surface area contributed by atoms with Crippen molar-refractivity contribution in [1.29, 1.82) is 0 Å². The van der Waals surface area contributed by atoms with Crippen molar-refractivity contribution in [3.05, 3.63) is 83.2 Å². The van der Waals surface area contributed by atoms with Crippen molar-refractivity contribution in [2.24, 2.45) is 4.99 Å². The highest BCUT2D eigenvalue weighted by atomic mass is 32.2. The van der Waals surface area contributed by atoms with E-state index in [-0.39, 0.29) is 11.7 Å². The third-order valence-corrected chi connectivity index (χ3v) is 5.38. The minimum Gasteiger partial charge on any atom is -0.450 e. The van der Waals surface area contributed by atoms with Crippen molar-refractivity contribution in [2.75, 3.05) is 0 Å². The van der Waals surface area contributed by atoms with Crippen LogP contribution >= 0.6 is 23.5 Å². The molecule has 0 saturated carbocycles. The summed E-state index contributed by atoms with van der Waals surface area (Å²) in [4.78, 5) is 18.0. The Bertz CT molecular complexity index is 1030. The lowest BCUT2D eigenvalue weighted by Gasteiger charge is -1.96. The first kappa shape index (κ1) is 17.6. The maximum absolute atomic E-state index is 13.0. The second-order valence-electron chi connectivity index (χ2n) is 5.53. The molecule has 0 aliphatic carbocycles. The zero-order valence-corrected chi connectivity index (χ0v) is 15.5. The average Bonchev–Trinajstić information content (AvgIpc) is 3.24. The molecule has 2 aromatic carbocycles. The number of rotatable bonds is 4.